The maximum atomic E-state index is 4.55. The van der Waals surface area contributed by atoms with E-state index in [1.165, 1.54) is 0 Å². The molecular weight excluding hydrogens is 226 g/mol. The smallest absolute Gasteiger partial charge is 0.122 e. The van der Waals surface area contributed by atoms with Crippen molar-refractivity contribution in [1.82, 2.24) is 24.6 Å². The predicted octanol–water partition coefficient (Wildman–Crippen LogP) is 1.88. The molecule has 0 aliphatic heterocycles. The highest BCUT2D eigenvalue weighted by atomic mass is 15.3. The summed E-state index contributed by atoms with van der Waals surface area (Å²) in [5.41, 5.74) is 1.07. The second-order valence-electron chi connectivity index (χ2n) is 4.60. The minimum Gasteiger partial charge on any atom is -0.337 e. The highest BCUT2D eigenvalue weighted by molar-refractivity contribution is 5.00. The van der Waals surface area contributed by atoms with E-state index in [1.807, 2.05) is 34.9 Å². The van der Waals surface area contributed by atoms with Gasteiger partial charge in [-0.2, -0.15) is 5.10 Å². The van der Waals surface area contributed by atoms with Crippen LogP contribution in [0.25, 0.3) is 0 Å². The number of aromatic nitrogens is 4. The van der Waals surface area contributed by atoms with Gasteiger partial charge in [0, 0.05) is 38.2 Å². The standard InChI is InChI=1S/C13H21N5/c1-4-11(2)18-7-5-12(16-18)9-14-10-13-15-6-8-17(13)3/h5-8,11,14H,4,9-10H2,1-3H3. The summed E-state index contributed by atoms with van der Waals surface area (Å²) in [4.78, 5) is 4.27. The Morgan fingerprint density at radius 2 is 2.17 bits per heavy atom. The van der Waals surface area contributed by atoms with Crippen molar-refractivity contribution in [3.63, 3.8) is 0 Å². The van der Waals surface area contributed by atoms with E-state index < -0.39 is 0 Å². The molecule has 0 fully saturated rings. The molecule has 1 atom stereocenters. The van der Waals surface area contributed by atoms with Gasteiger partial charge >= 0.3 is 0 Å². The SMILES string of the molecule is CCC(C)n1ccc(CNCc2nccn2C)n1. The van der Waals surface area contributed by atoms with Crippen LogP contribution in [0, 0.1) is 0 Å². The normalized spacial score (nSPS) is 12.8. The van der Waals surface area contributed by atoms with Crippen LogP contribution >= 0.6 is 0 Å². The van der Waals surface area contributed by atoms with Crippen LogP contribution in [0.15, 0.2) is 24.7 Å². The summed E-state index contributed by atoms with van der Waals surface area (Å²) in [5.74, 6) is 1.04. The fourth-order valence-corrected chi connectivity index (χ4v) is 1.77. The highest BCUT2D eigenvalue weighted by Gasteiger charge is 2.04. The Morgan fingerprint density at radius 1 is 1.33 bits per heavy atom. The third-order valence-electron chi connectivity index (χ3n) is 3.22. The second kappa shape index (κ2) is 5.82. The summed E-state index contributed by atoms with van der Waals surface area (Å²) >= 11 is 0. The molecule has 5 nitrogen and oxygen atoms in total. The first-order chi connectivity index (χ1) is 8.70. The van der Waals surface area contributed by atoms with E-state index in [2.05, 4.69) is 35.3 Å². The molecule has 0 saturated carbocycles. The number of nitrogens with one attached hydrogen (secondary N) is 1. The maximum absolute atomic E-state index is 4.55. The van der Waals surface area contributed by atoms with E-state index in [1.54, 1.807) is 0 Å². The lowest BCUT2D eigenvalue weighted by Crippen LogP contribution is -2.16. The first-order valence-electron chi connectivity index (χ1n) is 6.41. The lowest BCUT2D eigenvalue weighted by atomic mass is 10.3. The summed E-state index contributed by atoms with van der Waals surface area (Å²) < 4.78 is 4.04. The van der Waals surface area contributed by atoms with Crippen LogP contribution in [-0.4, -0.2) is 19.3 Å². The molecule has 0 aliphatic carbocycles. The van der Waals surface area contributed by atoms with Gasteiger partial charge in [-0.05, 0) is 19.4 Å². The van der Waals surface area contributed by atoms with Crippen LogP contribution in [0.4, 0.5) is 0 Å². The van der Waals surface area contributed by atoms with E-state index in [0.717, 1.165) is 31.0 Å². The lowest BCUT2D eigenvalue weighted by molar-refractivity contribution is 0.471. The Labute approximate surface area is 108 Å². The Kier molecular flexibility index (Phi) is 4.15. The summed E-state index contributed by atoms with van der Waals surface area (Å²) in [6.07, 6.45) is 6.91. The molecule has 0 radical (unpaired) electrons. The number of nitrogens with zero attached hydrogens (tertiary/aromatic N) is 4. The molecule has 0 bridgehead atoms. The van der Waals surface area contributed by atoms with Gasteiger partial charge < -0.3 is 9.88 Å². The Balaban J connectivity index is 1.83. The topological polar surface area (TPSA) is 47.7 Å². The minimum atomic E-state index is 0.466. The van der Waals surface area contributed by atoms with Gasteiger partial charge in [-0.3, -0.25) is 4.68 Å². The molecule has 5 heteroatoms. The molecule has 0 aromatic carbocycles. The zero-order valence-electron chi connectivity index (χ0n) is 11.3. The minimum absolute atomic E-state index is 0.466. The van der Waals surface area contributed by atoms with Gasteiger partial charge in [0.1, 0.15) is 5.82 Å². The molecule has 0 amide bonds. The zero-order valence-corrected chi connectivity index (χ0v) is 11.3. The van der Waals surface area contributed by atoms with Crippen molar-refractivity contribution in [3.05, 3.63) is 36.2 Å². The Morgan fingerprint density at radius 3 is 2.83 bits per heavy atom. The number of aryl methyl sites for hydroxylation is 1. The van der Waals surface area contributed by atoms with Crippen molar-refractivity contribution < 1.29 is 0 Å². The molecule has 2 heterocycles. The first kappa shape index (κ1) is 12.8. The molecule has 2 rings (SSSR count). The fraction of sp³-hybridized carbons (Fsp3) is 0.538. The van der Waals surface area contributed by atoms with E-state index in [4.69, 9.17) is 0 Å². The van der Waals surface area contributed by atoms with Gasteiger partial charge in [-0.15, -0.1) is 0 Å². The van der Waals surface area contributed by atoms with Crippen LogP contribution in [0.3, 0.4) is 0 Å². The zero-order chi connectivity index (χ0) is 13.0. The molecular formula is C13H21N5. The summed E-state index contributed by atoms with van der Waals surface area (Å²) in [6.45, 7) is 5.89. The van der Waals surface area contributed by atoms with Crippen molar-refractivity contribution >= 4 is 0 Å². The van der Waals surface area contributed by atoms with Crippen LogP contribution in [-0.2, 0) is 20.1 Å². The molecule has 18 heavy (non-hydrogen) atoms. The number of hydrogen-bond acceptors (Lipinski definition) is 3. The van der Waals surface area contributed by atoms with Gasteiger partial charge in [-0.25, -0.2) is 4.98 Å². The largest absolute Gasteiger partial charge is 0.337 e. The quantitative estimate of drug-likeness (QED) is 0.848. The van der Waals surface area contributed by atoms with Crippen molar-refractivity contribution in [2.45, 2.75) is 39.4 Å². The first-order valence-corrected chi connectivity index (χ1v) is 6.41. The van der Waals surface area contributed by atoms with Gasteiger partial charge in [0.05, 0.1) is 12.2 Å². The summed E-state index contributed by atoms with van der Waals surface area (Å²) in [7, 11) is 2.00. The van der Waals surface area contributed by atoms with E-state index in [-0.39, 0.29) is 0 Å². The maximum Gasteiger partial charge on any atom is 0.122 e. The summed E-state index contributed by atoms with van der Waals surface area (Å²) in [6, 6.07) is 2.53. The molecule has 2 aromatic rings. The molecule has 1 unspecified atom stereocenters. The fourth-order valence-electron chi connectivity index (χ4n) is 1.77. The van der Waals surface area contributed by atoms with Crippen LogP contribution in [0.1, 0.15) is 37.8 Å². The Hall–Kier alpha value is -1.62. The van der Waals surface area contributed by atoms with E-state index in [9.17, 15) is 0 Å². The highest BCUT2D eigenvalue weighted by Crippen LogP contribution is 2.09. The average Bonchev–Trinajstić information content (AvgIpc) is 2.99. The summed E-state index contributed by atoms with van der Waals surface area (Å²) in [5, 5.41) is 7.91. The molecule has 0 saturated heterocycles. The number of imidazole rings is 1. The number of rotatable bonds is 6. The third kappa shape index (κ3) is 2.98. The average molecular weight is 247 g/mol. The molecule has 1 N–H and O–H groups in total. The Bertz CT molecular complexity index is 485. The molecule has 98 valence electrons. The lowest BCUT2D eigenvalue weighted by Gasteiger charge is -2.08. The predicted molar refractivity (Wildman–Crippen MR) is 71.0 cm³/mol. The van der Waals surface area contributed by atoms with Crippen LogP contribution in [0.2, 0.25) is 0 Å². The molecule has 0 spiro atoms. The number of hydrogen-bond donors (Lipinski definition) is 1. The third-order valence-corrected chi connectivity index (χ3v) is 3.22. The van der Waals surface area contributed by atoms with Crippen LogP contribution < -0.4 is 5.32 Å². The van der Waals surface area contributed by atoms with Crippen molar-refractivity contribution in [2.24, 2.45) is 7.05 Å². The van der Waals surface area contributed by atoms with Crippen molar-refractivity contribution in [2.75, 3.05) is 0 Å². The van der Waals surface area contributed by atoms with Gasteiger partial charge in [0.2, 0.25) is 0 Å². The second-order valence-corrected chi connectivity index (χ2v) is 4.60. The molecule has 0 aliphatic rings. The van der Waals surface area contributed by atoms with Gasteiger partial charge in [0.15, 0.2) is 0 Å². The van der Waals surface area contributed by atoms with E-state index in [0.29, 0.717) is 6.04 Å². The van der Waals surface area contributed by atoms with Gasteiger partial charge in [0.25, 0.3) is 0 Å². The van der Waals surface area contributed by atoms with Crippen LogP contribution in [0.5, 0.6) is 0 Å². The van der Waals surface area contributed by atoms with Crippen molar-refractivity contribution in [3.8, 4) is 0 Å². The molecule has 2 aromatic heterocycles. The monoisotopic (exact) mass is 247 g/mol. The van der Waals surface area contributed by atoms with Crippen molar-refractivity contribution in [1.29, 1.82) is 0 Å². The van der Waals surface area contributed by atoms with Gasteiger partial charge in [-0.1, -0.05) is 6.92 Å². The van der Waals surface area contributed by atoms with E-state index >= 15 is 0 Å².